The second-order valence-corrected chi connectivity index (χ2v) is 7.86. The van der Waals surface area contributed by atoms with E-state index in [2.05, 4.69) is 41.0 Å². The monoisotopic (exact) mass is 484 g/mol. The predicted octanol–water partition coefficient (Wildman–Crippen LogP) is 1.64. The fraction of sp³-hybridized carbons (Fsp3) is 0.263. The highest BCUT2D eigenvalue weighted by molar-refractivity contribution is 9.10. The van der Waals surface area contributed by atoms with E-state index in [1.807, 2.05) is 4.57 Å². The number of aromatic amines is 1. The molecule has 1 amide bonds. The second-order valence-electron chi connectivity index (χ2n) is 7.04. The highest BCUT2D eigenvalue weighted by atomic mass is 79.9. The molecule has 0 bridgehead atoms. The van der Waals surface area contributed by atoms with E-state index in [0.29, 0.717) is 41.4 Å². The van der Waals surface area contributed by atoms with Crippen LogP contribution in [0.15, 0.2) is 29.5 Å². The normalized spacial score (nSPS) is 13.5. The van der Waals surface area contributed by atoms with Crippen molar-refractivity contribution in [3.8, 4) is 11.6 Å². The number of ketones is 1. The molecule has 0 spiro atoms. The zero-order valence-electron chi connectivity index (χ0n) is 16.7. The average Bonchev–Trinajstić information content (AvgIpc) is 3.50. The van der Waals surface area contributed by atoms with Crippen molar-refractivity contribution in [2.75, 3.05) is 13.7 Å². The molecule has 12 heteroatoms. The van der Waals surface area contributed by atoms with Gasteiger partial charge in [0.25, 0.3) is 11.7 Å². The molecule has 0 saturated heterocycles. The Hall–Kier alpha value is -3.54. The molecule has 0 saturated carbocycles. The summed E-state index contributed by atoms with van der Waals surface area (Å²) in [5, 5.41) is 4.75. The molecule has 5 rings (SSSR count). The summed E-state index contributed by atoms with van der Waals surface area (Å²) in [5.74, 6) is 0.917. The number of nitrogens with zero attached hydrogens (tertiary/aromatic N) is 7. The highest BCUT2D eigenvalue weighted by Gasteiger charge is 2.31. The molecule has 1 aliphatic heterocycles. The van der Waals surface area contributed by atoms with E-state index in [1.54, 1.807) is 13.1 Å². The summed E-state index contributed by atoms with van der Waals surface area (Å²) in [6.45, 7) is 3.01. The third-order valence-corrected chi connectivity index (χ3v) is 5.87. The van der Waals surface area contributed by atoms with Gasteiger partial charge in [0.1, 0.15) is 28.3 Å². The minimum atomic E-state index is -0.629. The summed E-state index contributed by atoms with van der Waals surface area (Å²) in [5.41, 5.74) is 0.742. The topological polar surface area (TPSA) is 124 Å². The van der Waals surface area contributed by atoms with Gasteiger partial charge in [0.05, 0.1) is 42.5 Å². The van der Waals surface area contributed by atoms with Gasteiger partial charge in [-0.1, -0.05) is 0 Å². The smallest absolute Gasteiger partial charge is 0.295 e. The van der Waals surface area contributed by atoms with E-state index in [4.69, 9.17) is 4.74 Å². The summed E-state index contributed by atoms with van der Waals surface area (Å²) < 4.78 is 9.76. The maximum absolute atomic E-state index is 13.2. The minimum absolute atomic E-state index is 0.215. The number of methoxy groups -OCH3 is 1. The fourth-order valence-electron chi connectivity index (χ4n) is 3.72. The average molecular weight is 485 g/mol. The van der Waals surface area contributed by atoms with Crippen LogP contribution in [0.5, 0.6) is 5.75 Å². The van der Waals surface area contributed by atoms with Crippen LogP contribution in [0.2, 0.25) is 0 Å². The van der Waals surface area contributed by atoms with Gasteiger partial charge in [-0.2, -0.15) is 5.10 Å². The van der Waals surface area contributed by atoms with Crippen LogP contribution in [0, 0.1) is 6.92 Å². The van der Waals surface area contributed by atoms with E-state index in [-0.39, 0.29) is 12.1 Å². The van der Waals surface area contributed by atoms with Gasteiger partial charge in [-0.3, -0.25) is 9.59 Å². The molecule has 0 atom stereocenters. The Labute approximate surface area is 184 Å². The Balaban J connectivity index is 1.52. The number of fused-ring (bicyclic) bond motifs is 2. The number of nitrogens with one attached hydrogen (secondary N) is 1. The molecule has 0 unspecified atom stereocenters. The lowest BCUT2D eigenvalue weighted by atomic mass is 10.1. The van der Waals surface area contributed by atoms with Gasteiger partial charge in [-0.15, -0.1) is 0 Å². The first-order valence-corrected chi connectivity index (χ1v) is 10.2. The largest absolute Gasteiger partial charge is 0.494 e. The van der Waals surface area contributed by atoms with Crippen molar-refractivity contribution in [1.29, 1.82) is 0 Å². The van der Waals surface area contributed by atoms with Crippen molar-refractivity contribution in [3.63, 3.8) is 0 Å². The number of rotatable bonds is 4. The van der Waals surface area contributed by atoms with Gasteiger partial charge in [-0.05, 0) is 22.9 Å². The molecule has 0 aromatic carbocycles. The molecule has 11 nitrogen and oxygen atoms in total. The predicted molar refractivity (Wildman–Crippen MR) is 112 cm³/mol. The first-order valence-electron chi connectivity index (χ1n) is 9.44. The standard InChI is InChI=1S/C19H17BrN8O3/c1-10-24-9-28(25-10)18-16-15(12(31-2)6-23-18)11(5-22-16)17(29)19(30)26-3-4-27-13(20)7-21-14(27)8-26/h5-7,9,22H,3-4,8H2,1-2H3. The van der Waals surface area contributed by atoms with Crippen molar-refractivity contribution in [2.24, 2.45) is 0 Å². The summed E-state index contributed by atoms with van der Waals surface area (Å²) >= 11 is 3.43. The summed E-state index contributed by atoms with van der Waals surface area (Å²) in [7, 11) is 1.49. The lowest BCUT2D eigenvalue weighted by Crippen LogP contribution is -2.42. The van der Waals surface area contributed by atoms with Gasteiger partial charge < -0.3 is 19.2 Å². The van der Waals surface area contributed by atoms with Crippen molar-refractivity contribution in [1.82, 2.24) is 39.2 Å². The van der Waals surface area contributed by atoms with Gasteiger partial charge in [0.15, 0.2) is 5.82 Å². The molecule has 1 aliphatic rings. The van der Waals surface area contributed by atoms with Gasteiger partial charge >= 0.3 is 0 Å². The number of amides is 1. The molecule has 1 N–H and O–H groups in total. The summed E-state index contributed by atoms with van der Waals surface area (Å²) in [4.78, 5) is 43.6. The molecular weight excluding hydrogens is 468 g/mol. The lowest BCUT2D eigenvalue weighted by Gasteiger charge is -2.27. The van der Waals surface area contributed by atoms with Crippen molar-refractivity contribution < 1.29 is 14.3 Å². The van der Waals surface area contributed by atoms with E-state index in [1.165, 1.54) is 35.4 Å². The SMILES string of the molecule is COc1cnc(-n2cnc(C)n2)c2[nH]cc(C(=O)C(=O)N3CCn4c(Br)cnc4C3)c12. The van der Waals surface area contributed by atoms with Crippen LogP contribution in [-0.2, 0) is 17.9 Å². The number of halogens is 1. The van der Waals surface area contributed by atoms with E-state index in [0.717, 1.165) is 10.4 Å². The molecule has 31 heavy (non-hydrogen) atoms. The van der Waals surface area contributed by atoms with Gasteiger partial charge in [-0.25, -0.2) is 19.6 Å². The molecule has 5 heterocycles. The fourth-order valence-corrected chi connectivity index (χ4v) is 4.20. The highest BCUT2D eigenvalue weighted by Crippen LogP contribution is 2.32. The number of aromatic nitrogens is 7. The maximum Gasteiger partial charge on any atom is 0.295 e. The van der Waals surface area contributed by atoms with Gasteiger partial charge in [0.2, 0.25) is 0 Å². The molecule has 0 aliphatic carbocycles. The van der Waals surface area contributed by atoms with Crippen molar-refractivity contribution in [2.45, 2.75) is 20.0 Å². The number of Topliss-reactive ketones (excluding diaryl/α,β-unsaturated/α-hetero) is 1. The Morgan fingerprint density at radius 3 is 2.77 bits per heavy atom. The molecule has 4 aromatic rings. The zero-order chi connectivity index (χ0) is 21.7. The molecular formula is C19H17BrN8O3. The Morgan fingerprint density at radius 2 is 2.03 bits per heavy atom. The number of hydrogen-bond acceptors (Lipinski definition) is 7. The molecule has 158 valence electrons. The number of hydrogen-bond donors (Lipinski definition) is 1. The number of ether oxygens (including phenoxy) is 1. The third kappa shape index (κ3) is 3.10. The molecule has 0 radical (unpaired) electrons. The van der Waals surface area contributed by atoms with E-state index >= 15 is 0 Å². The van der Waals surface area contributed by atoms with Crippen LogP contribution in [-0.4, -0.2) is 64.5 Å². The van der Waals surface area contributed by atoms with Crippen LogP contribution in [0.3, 0.4) is 0 Å². The van der Waals surface area contributed by atoms with E-state index in [9.17, 15) is 9.59 Å². The first kappa shape index (κ1) is 19.4. The van der Waals surface area contributed by atoms with Crippen LogP contribution in [0.4, 0.5) is 0 Å². The number of imidazole rings is 1. The van der Waals surface area contributed by atoms with Crippen LogP contribution < -0.4 is 4.74 Å². The molecule has 0 fully saturated rings. The van der Waals surface area contributed by atoms with Crippen molar-refractivity contribution >= 4 is 38.5 Å². The first-order chi connectivity index (χ1) is 15.0. The second kappa shape index (κ2) is 7.30. The van der Waals surface area contributed by atoms with Crippen LogP contribution in [0.1, 0.15) is 22.0 Å². The van der Waals surface area contributed by atoms with Crippen LogP contribution >= 0.6 is 15.9 Å². The quantitative estimate of drug-likeness (QED) is 0.344. The lowest BCUT2D eigenvalue weighted by molar-refractivity contribution is -0.127. The Bertz CT molecular complexity index is 1340. The maximum atomic E-state index is 13.2. The van der Waals surface area contributed by atoms with Gasteiger partial charge in [0, 0.05) is 19.3 Å². The number of carbonyl (C=O) groups is 2. The third-order valence-electron chi connectivity index (χ3n) is 5.24. The number of pyridine rings is 1. The number of H-pyrrole nitrogens is 1. The Morgan fingerprint density at radius 1 is 1.19 bits per heavy atom. The number of carbonyl (C=O) groups excluding carboxylic acids is 2. The summed E-state index contributed by atoms with van der Waals surface area (Å²) in [6, 6.07) is 0. The summed E-state index contributed by atoms with van der Waals surface area (Å²) in [6.07, 6.45) is 6.23. The van der Waals surface area contributed by atoms with Crippen molar-refractivity contribution in [3.05, 3.63) is 46.7 Å². The molecule has 4 aromatic heterocycles. The zero-order valence-corrected chi connectivity index (χ0v) is 18.2. The van der Waals surface area contributed by atoms with E-state index < -0.39 is 11.7 Å². The number of aryl methyl sites for hydroxylation is 1. The Kier molecular flexibility index (Phi) is 4.58. The van der Waals surface area contributed by atoms with Crippen LogP contribution in [0.25, 0.3) is 16.7 Å². The minimum Gasteiger partial charge on any atom is -0.494 e.